The van der Waals surface area contributed by atoms with Crippen LogP contribution in [0.4, 0.5) is 4.39 Å². The van der Waals surface area contributed by atoms with Gasteiger partial charge in [-0.15, -0.1) is 0 Å². The second-order valence-electron chi connectivity index (χ2n) is 6.88. The molecule has 1 amide bonds. The Morgan fingerprint density at radius 1 is 1.18 bits per heavy atom. The topological polar surface area (TPSA) is 32.8 Å². The van der Waals surface area contributed by atoms with Crippen LogP contribution in [0.15, 0.2) is 12.1 Å². The third-order valence-electron chi connectivity index (χ3n) is 4.12. The summed E-state index contributed by atoms with van der Waals surface area (Å²) in [6, 6.07) is 2.97. The SMILES string of the molecule is COc1cc(C(=O)N2CCN(C)CC2)c(F)cc1C(C)(C)C. The maximum atomic E-state index is 14.5. The van der Waals surface area contributed by atoms with Crippen molar-refractivity contribution in [2.45, 2.75) is 26.2 Å². The maximum absolute atomic E-state index is 14.5. The number of rotatable bonds is 2. The number of likely N-dealkylation sites (N-methyl/N-ethyl adjacent to an activating group) is 1. The molecule has 0 aromatic heterocycles. The Bertz CT molecular complexity index is 559. The number of methoxy groups -OCH3 is 1. The van der Waals surface area contributed by atoms with Crippen LogP contribution in [0.5, 0.6) is 5.75 Å². The van der Waals surface area contributed by atoms with Crippen LogP contribution >= 0.6 is 0 Å². The van der Waals surface area contributed by atoms with E-state index < -0.39 is 5.82 Å². The molecule has 0 spiro atoms. The summed E-state index contributed by atoms with van der Waals surface area (Å²) in [7, 11) is 3.57. The minimum atomic E-state index is -0.477. The van der Waals surface area contributed by atoms with E-state index in [1.165, 1.54) is 12.1 Å². The van der Waals surface area contributed by atoms with Gasteiger partial charge in [0.15, 0.2) is 0 Å². The number of piperazine rings is 1. The largest absolute Gasteiger partial charge is 0.496 e. The van der Waals surface area contributed by atoms with Crippen LogP contribution in [-0.4, -0.2) is 56.0 Å². The molecule has 2 rings (SSSR count). The van der Waals surface area contributed by atoms with E-state index in [0.29, 0.717) is 18.8 Å². The van der Waals surface area contributed by atoms with Crippen molar-refractivity contribution >= 4 is 5.91 Å². The van der Waals surface area contributed by atoms with E-state index in [0.717, 1.165) is 18.7 Å². The Balaban J connectivity index is 2.33. The molecule has 0 radical (unpaired) electrons. The minimum Gasteiger partial charge on any atom is -0.496 e. The van der Waals surface area contributed by atoms with Crippen LogP contribution in [0.3, 0.4) is 0 Å². The molecule has 5 heteroatoms. The number of carbonyl (C=O) groups is 1. The Morgan fingerprint density at radius 2 is 1.77 bits per heavy atom. The molecule has 0 N–H and O–H groups in total. The third-order valence-corrected chi connectivity index (χ3v) is 4.12. The lowest BCUT2D eigenvalue weighted by atomic mass is 9.85. The van der Waals surface area contributed by atoms with Crippen molar-refractivity contribution in [2.75, 3.05) is 40.3 Å². The summed E-state index contributed by atoms with van der Waals surface area (Å²) in [5.74, 6) is -0.176. The molecule has 4 nitrogen and oxygen atoms in total. The molecule has 0 unspecified atom stereocenters. The highest BCUT2D eigenvalue weighted by molar-refractivity contribution is 5.95. The van der Waals surface area contributed by atoms with Crippen molar-refractivity contribution in [1.29, 1.82) is 0 Å². The summed E-state index contributed by atoms with van der Waals surface area (Å²) in [5, 5.41) is 0. The molecule has 1 fully saturated rings. The summed E-state index contributed by atoms with van der Waals surface area (Å²) in [4.78, 5) is 16.4. The summed E-state index contributed by atoms with van der Waals surface area (Å²) in [5.41, 5.74) is 0.610. The van der Waals surface area contributed by atoms with Crippen LogP contribution in [0.1, 0.15) is 36.7 Å². The maximum Gasteiger partial charge on any atom is 0.257 e. The van der Waals surface area contributed by atoms with Crippen molar-refractivity contribution in [1.82, 2.24) is 9.80 Å². The highest BCUT2D eigenvalue weighted by Crippen LogP contribution is 2.33. The number of hydrogen-bond acceptors (Lipinski definition) is 3. The monoisotopic (exact) mass is 308 g/mol. The van der Waals surface area contributed by atoms with Crippen molar-refractivity contribution in [3.05, 3.63) is 29.1 Å². The first-order valence-electron chi connectivity index (χ1n) is 7.60. The van der Waals surface area contributed by atoms with Gasteiger partial charge in [-0.05, 0) is 24.6 Å². The Labute approximate surface area is 131 Å². The van der Waals surface area contributed by atoms with Crippen molar-refractivity contribution in [3.8, 4) is 5.75 Å². The number of amides is 1. The minimum absolute atomic E-state index is 0.0920. The van der Waals surface area contributed by atoms with E-state index >= 15 is 0 Å². The van der Waals surface area contributed by atoms with Gasteiger partial charge in [-0.1, -0.05) is 20.8 Å². The molecule has 22 heavy (non-hydrogen) atoms. The second-order valence-corrected chi connectivity index (χ2v) is 6.88. The molecule has 0 saturated carbocycles. The molecule has 0 atom stereocenters. The number of carbonyl (C=O) groups excluding carboxylic acids is 1. The van der Waals surface area contributed by atoms with Gasteiger partial charge in [-0.2, -0.15) is 0 Å². The van der Waals surface area contributed by atoms with Crippen LogP contribution in [-0.2, 0) is 5.41 Å². The van der Waals surface area contributed by atoms with E-state index in [-0.39, 0.29) is 16.9 Å². The van der Waals surface area contributed by atoms with E-state index in [1.54, 1.807) is 12.0 Å². The van der Waals surface area contributed by atoms with E-state index in [2.05, 4.69) is 4.90 Å². The summed E-state index contributed by atoms with van der Waals surface area (Å²) >= 11 is 0. The summed E-state index contributed by atoms with van der Waals surface area (Å²) in [6.45, 7) is 8.84. The molecule has 1 aromatic carbocycles. The highest BCUT2D eigenvalue weighted by atomic mass is 19.1. The van der Waals surface area contributed by atoms with Crippen molar-refractivity contribution < 1.29 is 13.9 Å². The van der Waals surface area contributed by atoms with Crippen LogP contribution < -0.4 is 4.74 Å². The average Bonchev–Trinajstić information content (AvgIpc) is 2.46. The predicted octanol–water partition coefficient (Wildman–Crippen LogP) is 2.52. The summed E-state index contributed by atoms with van der Waals surface area (Å²) in [6.07, 6.45) is 0. The first-order valence-corrected chi connectivity index (χ1v) is 7.60. The van der Waals surface area contributed by atoms with E-state index in [4.69, 9.17) is 4.74 Å². The standard InChI is InChI=1S/C17H25FN2O2/c1-17(2,3)13-11-14(18)12(10-15(13)22-5)16(21)20-8-6-19(4)7-9-20/h10-11H,6-9H2,1-5H3. The lowest BCUT2D eigenvalue weighted by molar-refractivity contribution is 0.0659. The van der Waals surface area contributed by atoms with Gasteiger partial charge in [-0.25, -0.2) is 4.39 Å². The predicted molar refractivity (Wildman–Crippen MR) is 85.1 cm³/mol. The fraction of sp³-hybridized carbons (Fsp3) is 0.588. The number of benzene rings is 1. The fourth-order valence-corrected chi connectivity index (χ4v) is 2.65. The molecular weight excluding hydrogens is 283 g/mol. The number of ether oxygens (including phenoxy) is 1. The summed E-state index contributed by atoms with van der Waals surface area (Å²) < 4.78 is 19.8. The zero-order chi connectivity index (χ0) is 16.5. The number of hydrogen-bond donors (Lipinski definition) is 0. The average molecular weight is 308 g/mol. The Morgan fingerprint density at radius 3 is 2.27 bits per heavy atom. The van der Waals surface area contributed by atoms with Gasteiger partial charge in [0, 0.05) is 31.7 Å². The van der Waals surface area contributed by atoms with Gasteiger partial charge in [-0.3, -0.25) is 4.79 Å². The Kier molecular flexibility index (Phi) is 4.75. The molecule has 0 bridgehead atoms. The van der Waals surface area contributed by atoms with Crippen molar-refractivity contribution in [2.24, 2.45) is 0 Å². The van der Waals surface area contributed by atoms with Gasteiger partial charge >= 0.3 is 0 Å². The molecule has 1 aromatic rings. The van der Waals surface area contributed by atoms with Gasteiger partial charge < -0.3 is 14.5 Å². The quantitative estimate of drug-likeness (QED) is 0.841. The number of nitrogens with zero attached hydrogens (tertiary/aromatic N) is 2. The lowest BCUT2D eigenvalue weighted by Gasteiger charge is -2.32. The number of halogens is 1. The third kappa shape index (κ3) is 3.40. The molecule has 1 saturated heterocycles. The zero-order valence-electron chi connectivity index (χ0n) is 14.1. The van der Waals surface area contributed by atoms with Gasteiger partial charge in [0.1, 0.15) is 11.6 Å². The molecule has 1 aliphatic heterocycles. The fourth-order valence-electron chi connectivity index (χ4n) is 2.65. The first-order chi connectivity index (χ1) is 10.2. The van der Waals surface area contributed by atoms with Crippen molar-refractivity contribution in [3.63, 3.8) is 0 Å². The zero-order valence-corrected chi connectivity index (χ0v) is 14.1. The van der Waals surface area contributed by atoms with Crippen LogP contribution in [0, 0.1) is 5.82 Å². The molecule has 1 aliphatic rings. The molecule has 1 heterocycles. The van der Waals surface area contributed by atoms with Gasteiger partial charge in [0.2, 0.25) is 0 Å². The van der Waals surface area contributed by atoms with Crippen LogP contribution in [0.2, 0.25) is 0 Å². The highest BCUT2D eigenvalue weighted by Gasteiger charge is 2.27. The lowest BCUT2D eigenvalue weighted by Crippen LogP contribution is -2.47. The second kappa shape index (κ2) is 6.24. The van der Waals surface area contributed by atoms with E-state index in [1.807, 2.05) is 27.8 Å². The van der Waals surface area contributed by atoms with Gasteiger partial charge in [0.05, 0.1) is 12.7 Å². The molecule has 0 aliphatic carbocycles. The van der Waals surface area contributed by atoms with E-state index in [9.17, 15) is 9.18 Å². The van der Waals surface area contributed by atoms with Crippen LogP contribution in [0.25, 0.3) is 0 Å². The first kappa shape index (κ1) is 16.7. The molecular formula is C17H25FN2O2. The Hall–Kier alpha value is -1.62. The van der Waals surface area contributed by atoms with Gasteiger partial charge in [0.25, 0.3) is 5.91 Å². The normalized spacial score (nSPS) is 16.7. The smallest absolute Gasteiger partial charge is 0.257 e. The molecule has 122 valence electrons.